The molecule has 0 saturated carbocycles. The number of alkyl halides is 3. The van der Waals surface area contributed by atoms with Crippen LogP contribution in [-0.4, -0.2) is 33.4 Å². The Morgan fingerprint density at radius 2 is 1.77 bits per heavy atom. The van der Waals surface area contributed by atoms with Gasteiger partial charge in [0.05, 0.1) is 22.8 Å². The van der Waals surface area contributed by atoms with Gasteiger partial charge >= 0.3 is 11.5 Å². The van der Waals surface area contributed by atoms with Crippen LogP contribution in [0, 0.1) is 0 Å². The van der Waals surface area contributed by atoms with Crippen molar-refractivity contribution >= 4 is 51.9 Å². The minimum atomic E-state index is -4.42. The number of imide groups is 1. The third kappa shape index (κ3) is 4.20. The molecule has 1 aliphatic rings. The molecule has 0 bridgehead atoms. The number of para-hydroxylation sites is 1. The van der Waals surface area contributed by atoms with Crippen LogP contribution in [0.25, 0.3) is 10.9 Å². The molecule has 160 valence electrons. The van der Waals surface area contributed by atoms with Crippen LogP contribution in [0.15, 0.2) is 59.6 Å². The summed E-state index contributed by atoms with van der Waals surface area (Å²) in [5.74, 6) is -0.462. The Morgan fingerprint density at radius 1 is 1.10 bits per heavy atom. The Bertz CT molecular complexity index is 1170. The van der Waals surface area contributed by atoms with Gasteiger partial charge in [0.15, 0.2) is 0 Å². The lowest BCUT2D eigenvalue weighted by molar-refractivity contribution is -0.119. The molecule has 1 atom stereocenters. The number of thioether (sulfide) groups is 1. The van der Waals surface area contributed by atoms with Gasteiger partial charge in [-0.1, -0.05) is 29.8 Å². The van der Waals surface area contributed by atoms with E-state index in [9.17, 15) is 22.8 Å². The lowest BCUT2D eigenvalue weighted by Crippen LogP contribution is -2.33. The van der Waals surface area contributed by atoms with Gasteiger partial charge in [0.2, 0.25) is 0 Å². The number of carbonyl (C=O) groups excluding carboxylic acids is 2. The van der Waals surface area contributed by atoms with Gasteiger partial charge < -0.3 is 4.90 Å². The maximum absolute atomic E-state index is 13.1. The van der Waals surface area contributed by atoms with Crippen molar-refractivity contribution in [3.8, 4) is 0 Å². The monoisotopic (exact) mass is 465 g/mol. The Balaban J connectivity index is 1.62. The third-order valence-corrected chi connectivity index (χ3v) is 6.04. The van der Waals surface area contributed by atoms with Crippen molar-refractivity contribution in [2.75, 3.05) is 4.90 Å². The van der Waals surface area contributed by atoms with Gasteiger partial charge in [-0.3, -0.25) is 9.78 Å². The first-order valence-corrected chi connectivity index (χ1v) is 10.4. The molecule has 0 aliphatic carbocycles. The van der Waals surface area contributed by atoms with Gasteiger partial charge in [0.25, 0.3) is 5.91 Å². The van der Waals surface area contributed by atoms with Gasteiger partial charge in [-0.25, -0.2) is 9.69 Å². The molecule has 3 aromatic rings. The zero-order valence-corrected chi connectivity index (χ0v) is 17.6. The minimum absolute atomic E-state index is 0.0321. The number of carbonyl (C=O) groups is 2. The number of benzene rings is 2. The second-order valence-electron chi connectivity index (χ2n) is 6.90. The van der Waals surface area contributed by atoms with Crippen LogP contribution in [0.2, 0.25) is 5.02 Å². The second-order valence-corrected chi connectivity index (χ2v) is 8.45. The first-order chi connectivity index (χ1) is 14.7. The molecule has 1 aliphatic heterocycles. The van der Waals surface area contributed by atoms with E-state index in [4.69, 9.17) is 11.6 Å². The number of pyridine rings is 1. The SMILES string of the molecule is CC1C(=O)N(c2ccc(SC(F)(F)F)cc2)C(=O)N1Cc1c(Cl)cnc2ccccc12. The van der Waals surface area contributed by atoms with E-state index in [2.05, 4.69) is 4.98 Å². The molecular formula is C21H15ClF3N3O2S. The molecule has 0 spiro atoms. The average Bonchev–Trinajstić information content (AvgIpc) is 2.93. The number of fused-ring (bicyclic) bond motifs is 1. The standard InChI is InChI=1S/C21H15ClF3N3O2S/c1-12-19(29)28(13-6-8-14(9-7-13)31-21(23,24)25)20(30)27(12)11-16-15-4-2-3-5-18(15)26-10-17(16)22/h2-10,12H,11H2,1H3. The summed E-state index contributed by atoms with van der Waals surface area (Å²) in [6, 6.07) is 11.1. The molecule has 1 unspecified atom stereocenters. The van der Waals surface area contributed by atoms with Crippen LogP contribution >= 0.6 is 23.4 Å². The summed E-state index contributed by atoms with van der Waals surface area (Å²) in [7, 11) is 0. The van der Waals surface area contributed by atoms with Crippen LogP contribution in [0.5, 0.6) is 0 Å². The summed E-state index contributed by atoms with van der Waals surface area (Å²) in [4.78, 5) is 32.5. The van der Waals surface area contributed by atoms with Gasteiger partial charge in [-0.2, -0.15) is 13.2 Å². The normalized spacial score (nSPS) is 17.1. The number of halogens is 4. The molecule has 31 heavy (non-hydrogen) atoms. The summed E-state index contributed by atoms with van der Waals surface area (Å²) in [5.41, 5.74) is -2.83. The quantitative estimate of drug-likeness (QED) is 0.358. The van der Waals surface area contributed by atoms with E-state index in [0.717, 1.165) is 10.3 Å². The molecule has 1 saturated heterocycles. The van der Waals surface area contributed by atoms with E-state index in [1.54, 1.807) is 6.92 Å². The maximum Gasteiger partial charge on any atom is 0.446 e. The summed E-state index contributed by atoms with van der Waals surface area (Å²) in [6.45, 7) is 1.69. The van der Waals surface area contributed by atoms with Crippen molar-refractivity contribution in [1.29, 1.82) is 0 Å². The molecule has 0 N–H and O–H groups in total. The van der Waals surface area contributed by atoms with Gasteiger partial charge in [-0.05, 0) is 49.0 Å². The number of hydrogen-bond acceptors (Lipinski definition) is 4. The Kier molecular flexibility index (Phi) is 5.57. The zero-order valence-electron chi connectivity index (χ0n) is 16.1. The van der Waals surface area contributed by atoms with Crippen molar-refractivity contribution in [2.24, 2.45) is 0 Å². The average molecular weight is 466 g/mol. The van der Waals surface area contributed by atoms with E-state index in [0.29, 0.717) is 16.1 Å². The highest BCUT2D eigenvalue weighted by Crippen LogP contribution is 2.38. The molecule has 1 fully saturated rings. The van der Waals surface area contributed by atoms with Crippen molar-refractivity contribution in [1.82, 2.24) is 9.88 Å². The number of nitrogens with zero attached hydrogens (tertiary/aromatic N) is 3. The summed E-state index contributed by atoms with van der Waals surface area (Å²) < 4.78 is 37.6. The number of hydrogen-bond donors (Lipinski definition) is 0. The first kappa shape index (κ1) is 21.5. The summed E-state index contributed by atoms with van der Waals surface area (Å²) >= 11 is 6.08. The highest BCUT2D eigenvalue weighted by molar-refractivity contribution is 8.00. The molecule has 4 rings (SSSR count). The zero-order chi connectivity index (χ0) is 22.3. The van der Waals surface area contributed by atoms with E-state index in [1.165, 1.54) is 35.4 Å². The Labute approximate surface area is 184 Å². The number of aromatic nitrogens is 1. The highest BCUT2D eigenvalue weighted by atomic mass is 35.5. The second kappa shape index (κ2) is 8.05. The fourth-order valence-electron chi connectivity index (χ4n) is 3.45. The smallest absolute Gasteiger partial charge is 0.308 e. The summed E-state index contributed by atoms with van der Waals surface area (Å²) in [5, 5.41) is 1.15. The predicted octanol–water partition coefficient (Wildman–Crippen LogP) is 5.86. The van der Waals surface area contributed by atoms with E-state index >= 15 is 0 Å². The topological polar surface area (TPSA) is 53.5 Å². The van der Waals surface area contributed by atoms with Crippen LogP contribution in [0.1, 0.15) is 12.5 Å². The Hall–Kier alpha value is -2.78. The van der Waals surface area contributed by atoms with Crippen LogP contribution in [0.3, 0.4) is 0 Å². The molecule has 0 radical (unpaired) electrons. The summed E-state index contributed by atoms with van der Waals surface area (Å²) in [6.07, 6.45) is 1.50. The van der Waals surface area contributed by atoms with Crippen molar-refractivity contribution in [3.05, 3.63) is 65.3 Å². The lowest BCUT2D eigenvalue weighted by Gasteiger charge is -2.21. The van der Waals surface area contributed by atoms with Gasteiger partial charge in [-0.15, -0.1) is 0 Å². The third-order valence-electron chi connectivity index (χ3n) is 4.97. The van der Waals surface area contributed by atoms with Crippen LogP contribution < -0.4 is 4.90 Å². The molecule has 10 heteroatoms. The van der Waals surface area contributed by atoms with E-state index in [1.807, 2.05) is 24.3 Å². The van der Waals surface area contributed by atoms with Gasteiger partial charge in [0, 0.05) is 22.0 Å². The molecular weight excluding hydrogens is 451 g/mol. The number of rotatable bonds is 4. The Morgan fingerprint density at radius 3 is 2.45 bits per heavy atom. The molecule has 1 aromatic heterocycles. The predicted molar refractivity (Wildman–Crippen MR) is 113 cm³/mol. The van der Waals surface area contributed by atoms with Crippen molar-refractivity contribution < 1.29 is 22.8 Å². The highest BCUT2D eigenvalue weighted by Gasteiger charge is 2.43. The number of anilines is 1. The van der Waals surface area contributed by atoms with Crippen LogP contribution in [0.4, 0.5) is 23.7 Å². The van der Waals surface area contributed by atoms with E-state index in [-0.39, 0.29) is 28.9 Å². The fraction of sp³-hybridized carbons (Fsp3) is 0.190. The maximum atomic E-state index is 13.1. The largest absolute Gasteiger partial charge is 0.446 e. The van der Waals surface area contributed by atoms with Crippen molar-refractivity contribution in [3.63, 3.8) is 0 Å². The molecule has 2 heterocycles. The van der Waals surface area contributed by atoms with E-state index < -0.39 is 23.5 Å². The molecule has 2 aromatic carbocycles. The lowest BCUT2D eigenvalue weighted by atomic mass is 10.1. The van der Waals surface area contributed by atoms with Gasteiger partial charge in [0.1, 0.15) is 6.04 Å². The molecule has 3 amide bonds. The number of urea groups is 1. The van der Waals surface area contributed by atoms with Crippen molar-refractivity contribution in [2.45, 2.75) is 29.9 Å². The van der Waals surface area contributed by atoms with Crippen LogP contribution in [-0.2, 0) is 11.3 Å². The first-order valence-electron chi connectivity index (χ1n) is 9.18. The number of amides is 3. The molecule has 5 nitrogen and oxygen atoms in total. The fourth-order valence-corrected chi connectivity index (χ4v) is 4.20. The minimum Gasteiger partial charge on any atom is -0.308 e.